The molecule has 0 fully saturated rings. The van der Waals surface area contributed by atoms with Gasteiger partial charge in [0.25, 0.3) is 0 Å². The summed E-state index contributed by atoms with van der Waals surface area (Å²) < 4.78 is 0. The van der Waals surface area contributed by atoms with Crippen LogP contribution in [0.5, 0.6) is 0 Å². The van der Waals surface area contributed by atoms with Gasteiger partial charge in [-0.1, -0.05) is 42.9 Å². The third kappa shape index (κ3) is 5.92. The van der Waals surface area contributed by atoms with Crippen molar-refractivity contribution in [2.24, 2.45) is 0 Å². The van der Waals surface area contributed by atoms with Crippen LogP contribution in [0.25, 0.3) is 0 Å². The molecule has 0 spiro atoms. The molecule has 0 aromatic heterocycles. The molecular weight excluding hydrogens is 194 g/mol. The molecule has 1 rings (SSSR count). The van der Waals surface area contributed by atoms with Crippen molar-refractivity contribution in [1.82, 2.24) is 4.90 Å². The van der Waals surface area contributed by atoms with Crippen LogP contribution in [0.1, 0.15) is 39.0 Å². The monoisotopic (exact) mass is 219 g/mol. The van der Waals surface area contributed by atoms with Gasteiger partial charge in [0, 0.05) is 0 Å². The Morgan fingerprint density at radius 3 is 2.75 bits per heavy atom. The van der Waals surface area contributed by atoms with E-state index in [0.717, 1.165) is 12.8 Å². The Kier molecular flexibility index (Phi) is 6.91. The van der Waals surface area contributed by atoms with Gasteiger partial charge in [-0.3, -0.25) is 0 Å². The molecule has 1 nitrogen and oxygen atoms in total. The first-order valence-corrected chi connectivity index (χ1v) is 6.52. The summed E-state index contributed by atoms with van der Waals surface area (Å²) in [5.74, 6) is 0. The average Bonchev–Trinajstić information content (AvgIpc) is 2.21. The molecule has 0 heterocycles. The minimum absolute atomic E-state index is 1.09. The van der Waals surface area contributed by atoms with Gasteiger partial charge >= 0.3 is 0 Å². The lowest BCUT2D eigenvalue weighted by Crippen LogP contribution is -2.20. The van der Waals surface area contributed by atoms with Crippen LogP contribution in [0.4, 0.5) is 0 Å². The second-order valence-electron chi connectivity index (χ2n) is 4.53. The molecule has 1 aliphatic carbocycles. The molecular formula is C15H25N. The molecule has 0 aliphatic heterocycles. The van der Waals surface area contributed by atoms with Gasteiger partial charge in [-0.15, -0.1) is 0 Å². The Morgan fingerprint density at radius 2 is 1.94 bits per heavy atom. The van der Waals surface area contributed by atoms with Gasteiger partial charge < -0.3 is 4.90 Å². The lowest BCUT2D eigenvalue weighted by atomic mass is 10.1. The SMILES string of the molecule is CCCN(C)CCCC1=C/C/C=C\C/C=C\1. The molecule has 0 N–H and O–H groups in total. The largest absolute Gasteiger partial charge is 0.306 e. The maximum Gasteiger partial charge on any atom is -0.00186 e. The van der Waals surface area contributed by atoms with Crippen LogP contribution in [0.2, 0.25) is 0 Å². The Hall–Kier alpha value is -0.820. The van der Waals surface area contributed by atoms with Crippen LogP contribution < -0.4 is 0 Å². The zero-order valence-corrected chi connectivity index (χ0v) is 10.8. The van der Waals surface area contributed by atoms with Gasteiger partial charge in [-0.25, -0.2) is 0 Å². The van der Waals surface area contributed by atoms with E-state index in [2.05, 4.69) is 49.3 Å². The minimum atomic E-state index is 1.09. The van der Waals surface area contributed by atoms with Crippen molar-refractivity contribution in [3.8, 4) is 0 Å². The van der Waals surface area contributed by atoms with Crippen LogP contribution in [-0.4, -0.2) is 25.0 Å². The Bertz CT molecular complexity index is 261. The Morgan fingerprint density at radius 1 is 1.12 bits per heavy atom. The Labute approximate surface area is 101 Å². The average molecular weight is 219 g/mol. The van der Waals surface area contributed by atoms with E-state index in [9.17, 15) is 0 Å². The molecule has 0 bridgehead atoms. The second-order valence-corrected chi connectivity index (χ2v) is 4.53. The van der Waals surface area contributed by atoms with E-state index in [1.165, 1.54) is 37.9 Å². The number of rotatable bonds is 6. The summed E-state index contributed by atoms with van der Waals surface area (Å²) >= 11 is 0. The van der Waals surface area contributed by atoms with E-state index < -0.39 is 0 Å². The van der Waals surface area contributed by atoms with E-state index >= 15 is 0 Å². The summed E-state index contributed by atoms with van der Waals surface area (Å²) in [7, 11) is 2.22. The molecule has 16 heavy (non-hydrogen) atoms. The van der Waals surface area contributed by atoms with Crippen molar-refractivity contribution in [1.29, 1.82) is 0 Å². The highest BCUT2D eigenvalue weighted by Crippen LogP contribution is 2.12. The highest BCUT2D eigenvalue weighted by molar-refractivity contribution is 5.22. The standard InChI is InChI=1S/C15H25N/c1-3-13-16(2)14-9-12-15-10-7-5-4-6-8-11-15/h4-5,8,10-11H,3,6-7,9,12-14H2,1-2H3/b5-4-,11-8-,15-10+. The molecule has 0 aromatic rings. The van der Waals surface area contributed by atoms with E-state index in [1.54, 1.807) is 0 Å². The molecule has 0 radical (unpaired) electrons. The fourth-order valence-corrected chi connectivity index (χ4v) is 2.01. The first-order chi connectivity index (χ1) is 7.83. The number of hydrogen-bond acceptors (Lipinski definition) is 1. The maximum absolute atomic E-state index is 2.42. The fraction of sp³-hybridized carbons (Fsp3) is 0.600. The smallest absolute Gasteiger partial charge is 0.00186 e. The molecule has 1 heteroatoms. The highest BCUT2D eigenvalue weighted by atomic mass is 15.1. The lowest BCUT2D eigenvalue weighted by Gasteiger charge is -2.15. The predicted molar refractivity (Wildman–Crippen MR) is 72.6 cm³/mol. The predicted octanol–water partition coefficient (Wildman–Crippen LogP) is 3.94. The van der Waals surface area contributed by atoms with Crippen molar-refractivity contribution in [2.45, 2.75) is 39.0 Å². The van der Waals surface area contributed by atoms with Gasteiger partial charge in [-0.2, -0.15) is 0 Å². The number of hydrogen-bond donors (Lipinski definition) is 0. The van der Waals surface area contributed by atoms with Crippen LogP contribution >= 0.6 is 0 Å². The molecule has 0 aromatic carbocycles. The zero-order valence-electron chi connectivity index (χ0n) is 10.8. The molecule has 0 amide bonds. The summed E-state index contributed by atoms with van der Waals surface area (Å²) in [4.78, 5) is 2.42. The first-order valence-electron chi connectivity index (χ1n) is 6.52. The summed E-state index contributed by atoms with van der Waals surface area (Å²) in [6.45, 7) is 4.68. The number of allylic oxidation sites excluding steroid dienone is 6. The normalized spacial score (nSPS) is 23.3. The second kappa shape index (κ2) is 8.35. The molecule has 0 saturated heterocycles. The quantitative estimate of drug-likeness (QED) is 0.612. The number of nitrogens with zero attached hydrogens (tertiary/aromatic N) is 1. The van der Waals surface area contributed by atoms with Crippen LogP contribution in [0.3, 0.4) is 0 Å². The Balaban J connectivity index is 2.23. The van der Waals surface area contributed by atoms with Crippen LogP contribution in [0.15, 0.2) is 36.0 Å². The fourth-order valence-electron chi connectivity index (χ4n) is 2.01. The maximum atomic E-state index is 2.42. The summed E-state index contributed by atoms with van der Waals surface area (Å²) in [6, 6.07) is 0. The lowest BCUT2D eigenvalue weighted by molar-refractivity contribution is 0.330. The third-order valence-corrected chi connectivity index (χ3v) is 2.90. The molecule has 0 saturated carbocycles. The summed E-state index contributed by atoms with van der Waals surface area (Å²) in [5, 5.41) is 0. The molecule has 1 aliphatic rings. The van der Waals surface area contributed by atoms with Crippen LogP contribution in [-0.2, 0) is 0 Å². The van der Waals surface area contributed by atoms with Gasteiger partial charge in [0.2, 0.25) is 0 Å². The van der Waals surface area contributed by atoms with Crippen molar-refractivity contribution in [3.63, 3.8) is 0 Å². The summed E-state index contributed by atoms with van der Waals surface area (Å²) in [6.07, 6.45) is 17.3. The van der Waals surface area contributed by atoms with E-state index in [-0.39, 0.29) is 0 Å². The van der Waals surface area contributed by atoms with Crippen molar-refractivity contribution >= 4 is 0 Å². The van der Waals surface area contributed by atoms with Gasteiger partial charge in [0.15, 0.2) is 0 Å². The molecule has 90 valence electrons. The van der Waals surface area contributed by atoms with Crippen molar-refractivity contribution in [3.05, 3.63) is 36.0 Å². The van der Waals surface area contributed by atoms with Gasteiger partial charge in [-0.05, 0) is 52.2 Å². The van der Waals surface area contributed by atoms with Gasteiger partial charge in [0.05, 0.1) is 0 Å². The molecule has 0 atom stereocenters. The highest BCUT2D eigenvalue weighted by Gasteiger charge is 1.98. The van der Waals surface area contributed by atoms with Gasteiger partial charge in [0.1, 0.15) is 0 Å². The topological polar surface area (TPSA) is 3.24 Å². The summed E-state index contributed by atoms with van der Waals surface area (Å²) in [5.41, 5.74) is 1.51. The van der Waals surface area contributed by atoms with Crippen molar-refractivity contribution < 1.29 is 0 Å². The molecule has 0 unspecified atom stereocenters. The third-order valence-electron chi connectivity index (χ3n) is 2.90. The first kappa shape index (κ1) is 13.2. The van der Waals surface area contributed by atoms with Crippen molar-refractivity contribution in [2.75, 3.05) is 20.1 Å². The van der Waals surface area contributed by atoms with Crippen LogP contribution in [0, 0.1) is 0 Å². The zero-order chi connectivity index (χ0) is 11.6. The minimum Gasteiger partial charge on any atom is -0.306 e. The van der Waals surface area contributed by atoms with E-state index in [1.807, 2.05) is 0 Å². The van der Waals surface area contributed by atoms with E-state index in [0.29, 0.717) is 0 Å². The van der Waals surface area contributed by atoms with E-state index in [4.69, 9.17) is 0 Å².